The van der Waals surface area contributed by atoms with E-state index >= 15 is 0 Å². The lowest BCUT2D eigenvalue weighted by Gasteiger charge is -2.12. The minimum Gasteiger partial charge on any atom is -0.352 e. The third-order valence-corrected chi connectivity index (χ3v) is 6.72. The zero-order valence-electron chi connectivity index (χ0n) is 17.3. The molecular weight excluding hydrogens is 447 g/mol. The molecule has 1 heterocycles. The third-order valence-electron chi connectivity index (χ3n) is 5.13. The molecule has 0 saturated carbocycles. The Labute approximate surface area is 196 Å². The van der Waals surface area contributed by atoms with Crippen LogP contribution in [-0.2, 0) is 0 Å². The Kier molecular flexibility index (Phi) is 6.71. The summed E-state index contributed by atoms with van der Waals surface area (Å²) in [5.74, 6) is -0.0783. The maximum Gasteiger partial charge on any atom is 0.251 e. The first-order valence-corrected chi connectivity index (χ1v) is 11.8. The van der Waals surface area contributed by atoms with Crippen LogP contribution in [0.3, 0.4) is 0 Å². The minimum absolute atomic E-state index is 0.0783. The molecule has 1 aliphatic rings. The van der Waals surface area contributed by atoms with Crippen molar-refractivity contribution in [3.63, 3.8) is 0 Å². The molecule has 4 rings (SSSR count). The van der Waals surface area contributed by atoms with Crippen LogP contribution in [0.15, 0.2) is 69.4 Å². The Morgan fingerprint density at radius 1 is 0.968 bits per heavy atom. The number of hydrogen-bond donors (Lipinski definition) is 1. The molecule has 6 heteroatoms. The summed E-state index contributed by atoms with van der Waals surface area (Å²) in [6.45, 7) is 4.80. The van der Waals surface area contributed by atoms with Crippen LogP contribution in [0.5, 0.6) is 0 Å². The SMILES string of the molecule is CCCCNC(=O)c1ccc2c(c1)N=C(c1ccc(Cl)cc1C)c1ccc(Cl)cc1S2. The summed E-state index contributed by atoms with van der Waals surface area (Å²) in [5.41, 5.74) is 5.26. The fraction of sp³-hybridized carbons (Fsp3) is 0.200. The quantitative estimate of drug-likeness (QED) is 0.308. The summed E-state index contributed by atoms with van der Waals surface area (Å²) in [4.78, 5) is 19.6. The van der Waals surface area contributed by atoms with Crippen LogP contribution in [0.4, 0.5) is 5.69 Å². The van der Waals surface area contributed by atoms with Gasteiger partial charge in [-0.3, -0.25) is 4.79 Å². The number of benzene rings is 3. The van der Waals surface area contributed by atoms with Gasteiger partial charge in [-0.15, -0.1) is 0 Å². The molecule has 31 heavy (non-hydrogen) atoms. The minimum atomic E-state index is -0.0783. The topological polar surface area (TPSA) is 41.5 Å². The van der Waals surface area contributed by atoms with Crippen LogP contribution in [0.1, 0.15) is 46.8 Å². The molecule has 3 aromatic carbocycles. The second kappa shape index (κ2) is 9.47. The molecule has 3 nitrogen and oxygen atoms in total. The van der Waals surface area contributed by atoms with E-state index < -0.39 is 0 Å². The number of carbonyl (C=O) groups is 1. The van der Waals surface area contributed by atoms with Gasteiger partial charge < -0.3 is 5.32 Å². The van der Waals surface area contributed by atoms with Crippen molar-refractivity contribution in [2.75, 3.05) is 6.54 Å². The molecule has 0 bridgehead atoms. The summed E-state index contributed by atoms with van der Waals surface area (Å²) in [6.07, 6.45) is 2.00. The number of rotatable bonds is 5. The van der Waals surface area contributed by atoms with E-state index in [4.69, 9.17) is 28.2 Å². The van der Waals surface area contributed by atoms with E-state index in [9.17, 15) is 4.79 Å². The highest BCUT2D eigenvalue weighted by Crippen LogP contribution is 2.43. The number of nitrogens with zero attached hydrogens (tertiary/aromatic N) is 1. The van der Waals surface area contributed by atoms with Gasteiger partial charge in [0.15, 0.2) is 0 Å². The van der Waals surface area contributed by atoms with Gasteiger partial charge in [-0.05, 0) is 61.4 Å². The van der Waals surface area contributed by atoms with Gasteiger partial charge in [0, 0.05) is 43.1 Å². The predicted molar refractivity (Wildman–Crippen MR) is 131 cm³/mol. The zero-order valence-corrected chi connectivity index (χ0v) is 19.7. The Balaban J connectivity index is 1.84. The molecule has 158 valence electrons. The molecule has 0 fully saturated rings. The van der Waals surface area contributed by atoms with Gasteiger partial charge >= 0.3 is 0 Å². The van der Waals surface area contributed by atoms with Gasteiger partial charge in [-0.25, -0.2) is 4.99 Å². The van der Waals surface area contributed by atoms with Crippen molar-refractivity contribution < 1.29 is 4.79 Å². The first-order chi connectivity index (χ1) is 15.0. The number of aryl methyl sites for hydroxylation is 1. The van der Waals surface area contributed by atoms with Crippen LogP contribution in [0, 0.1) is 6.92 Å². The Morgan fingerprint density at radius 3 is 2.45 bits per heavy atom. The van der Waals surface area contributed by atoms with Gasteiger partial charge in [0.1, 0.15) is 0 Å². The lowest BCUT2D eigenvalue weighted by Crippen LogP contribution is -2.24. The van der Waals surface area contributed by atoms with Gasteiger partial charge in [0.2, 0.25) is 0 Å². The Morgan fingerprint density at radius 2 is 1.71 bits per heavy atom. The molecule has 1 aliphatic heterocycles. The van der Waals surface area contributed by atoms with Gasteiger partial charge in [-0.2, -0.15) is 0 Å². The predicted octanol–water partition coefficient (Wildman–Crippen LogP) is 7.47. The van der Waals surface area contributed by atoms with Crippen molar-refractivity contribution in [1.82, 2.24) is 5.32 Å². The van der Waals surface area contributed by atoms with Crippen LogP contribution >= 0.6 is 35.0 Å². The monoisotopic (exact) mass is 468 g/mol. The molecule has 0 unspecified atom stereocenters. The van der Waals surface area contributed by atoms with Crippen molar-refractivity contribution in [2.24, 2.45) is 4.99 Å². The summed E-state index contributed by atoms with van der Waals surface area (Å²) in [7, 11) is 0. The highest BCUT2D eigenvalue weighted by atomic mass is 35.5. The number of nitrogens with one attached hydrogen (secondary N) is 1. The van der Waals surface area contributed by atoms with E-state index in [0.717, 1.165) is 50.7 Å². The van der Waals surface area contributed by atoms with Crippen LogP contribution < -0.4 is 5.32 Å². The Hall–Kier alpha value is -2.27. The molecule has 0 aliphatic carbocycles. The maximum absolute atomic E-state index is 12.6. The van der Waals surface area contributed by atoms with Crippen molar-refractivity contribution >= 4 is 52.3 Å². The molecule has 0 aromatic heterocycles. The number of halogens is 2. The smallest absolute Gasteiger partial charge is 0.251 e. The van der Waals surface area contributed by atoms with Gasteiger partial charge in [-0.1, -0.05) is 60.4 Å². The van der Waals surface area contributed by atoms with E-state index in [1.807, 2.05) is 61.5 Å². The lowest BCUT2D eigenvalue weighted by atomic mass is 9.98. The molecule has 1 amide bonds. The molecule has 3 aromatic rings. The van der Waals surface area contributed by atoms with Gasteiger partial charge in [0.05, 0.1) is 11.4 Å². The highest BCUT2D eigenvalue weighted by molar-refractivity contribution is 7.99. The maximum atomic E-state index is 12.6. The third kappa shape index (κ3) is 4.82. The molecular formula is C25H22Cl2N2OS. The van der Waals surface area contributed by atoms with Gasteiger partial charge in [0.25, 0.3) is 5.91 Å². The first-order valence-electron chi connectivity index (χ1n) is 10.2. The van der Waals surface area contributed by atoms with Crippen molar-refractivity contribution in [1.29, 1.82) is 0 Å². The van der Waals surface area contributed by atoms with Crippen LogP contribution in [0.2, 0.25) is 10.0 Å². The molecule has 0 spiro atoms. The molecule has 0 atom stereocenters. The lowest BCUT2D eigenvalue weighted by molar-refractivity contribution is 0.0953. The second-order valence-corrected chi connectivity index (χ2v) is 9.41. The van der Waals surface area contributed by atoms with Crippen molar-refractivity contribution in [2.45, 2.75) is 36.5 Å². The first kappa shape index (κ1) is 21.9. The van der Waals surface area contributed by atoms with E-state index in [-0.39, 0.29) is 5.91 Å². The fourth-order valence-electron chi connectivity index (χ4n) is 3.49. The standard InChI is InChI=1S/C25H22Cl2N2OS/c1-3-4-11-28-25(30)16-5-10-22-21(13-16)29-24(19-8-6-17(26)12-15(19)2)20-9-7-18(27)14-23(20)31-22/h5-10,12-14H,3-4,11H2,1-2H3,(H,28,30). The number of unbranched alkanes of at least 4 members (excludes halogenated alkanes) is 1. The normalized spacial score (nSPS) is 12.5. The summed E-state index contributed by atoms with van der Waals surface area (Å²) in [5, 5.41) is 4.34. The molecule has 1 N–H and O–H groups in total. The van der Waals surface area contributed by atoms with E-state index in [2.05, 4.69) is 12.2 Å². The van der Waals surface area contributed by atoms with Crippen molar-refractivity contribution in [3.8, 4) is 0 Å². The second-order valence-electron chi connectivity index (χ2n) is 7.45. The summed E-state index contributed by atoms with van der Waals surface area (Å²) >= 11 is 14.1. The van der Waals surface area contributed by atoms with Crippen LogP contribution in [0.25, 0.3) is 0 Å². The average Bonchev–Trinajstić information content (AvgIpc) is 2.89. The molecule has 0 radical (unpaired) electrons. The highest BCUT2D eigenvalue weighted by Gasteiger charge is 2.21. The average molecular weight is 469 g/mol. The van der Waals surface area contributed by atoms with Crippen LogP contribution in [-0.4, -0.2) is 18.2 Å². The molecule has 0 saturated heterocycles. The van der Waals surface area contributed by atoms with E-state index in [0.29, 0.717) is 22.2 Å². The van der Waals surface area contributed by atoms with E-state index in [1.165, 1.54) is 0 Å². The van der Waals surface area contributed by atoms with E-state index in [1.54, 1.807) is 11.8 Å². The van der Waals surface area contributed by atoms with Crippen molar-refractivity contribution in [3.05, 3.63) is 86.9 Å². The number of aliphatic imine (C=N–C) groups is 1. The number of carbonyl (C=O) groups excluding carboxylic acids is 1. The number of fused-ring (bicyclic) bond motifs is 2. The number of hydrogen-bond acceptors (Lipinski definition) is 3. The zero-order chi connectivity index (χ0) is 22.0. The largest absolute Gasteiger partial charge is 0.352 e. The number of amides is 1. The fourth-order valence-corrected chi connectivity index (χ4v) is 4.99. The Bertz CT molecular complexity index is 1190. The summed E-state index contributed by atoms with van der Waals surface area (Å²) < 4.78 is 0. The summed E-state index contributed by atoms with van der Waals surface area (Å²) in [6, 6.07) is 17.3.